The minimum absolute atomic E-state index is 0. The molecule has 0 aliphatic carbocycles. The summed E-state index contributed by atoms with van der Waals surface area (Å²) in [6, 6.07) is 23.4. The molecular formula is C27H30KN4O2-. The Labute approximate surface area is 244 Å². The third-order valence-electron chi connectivity index (χ3n) is 4.82. The number of anilines is 1. The summed E-state index contributed by atoms with van der Waals surface area (Å²) in [5.74, 6) is 0.690. The Bertz CT molecular complexity index is 1160. The Morgan fingerprint density at radius 1 is 0.971 bits per heavy atom. The van der Waals surface area contributed by atoms with Gasteiger partial charge in [-0.25, -0.2) is 9.84 Å². The van der Waals surface area contributed by atoms with Gasteiger partial charge in [-0.2, -0.15) is 29.4 Å². The molecule has 0 unspecified atom stereocenters. The van der Waals surface area contributed by atoms with E-state index in [-0.39, 0.29) is 68.1 Å². The number of amides is 1. The van der Waals surface area contributed by atoms with Crippen LogP contribution in [0.1, 0.15) is 63.5 Å². The summed E-state index contributed by atoms with van der Waals surface area (Å²) in [7, 11) is 0. The summed E-state index contributed by atoms with van der Waals surface area (Å²) >= 11 is 0. The van der Waals surface area contributed by atoms with E-state index in [1.165, 1.54) is 0 Å². The second-order valence-corrected chi connectivity index (χ2v) is 9.73. The maximum absolute atomic E-state index is 12.8. The van der Waals surface area contributed by atoms with Gasteiger partial charge in [0.2, 0.25) is 0 Å². The van der Waals surface area contributed by atoms with E-state index in [0.717, 1.165) is 22.8 Å². The molecule has 0 spiro atoms. The third kappa shape index (κ3) is 7.75. The minimum atomic E-state index is -0.187. The van der Waals surface area contributed by atoms with Gasteiger partial charge < -0.3 is 9.84 Å². The van der Waals surface area contributed by atoms with Crippen molar-refractivity contribution in [3.63, 3.8) is 0 Å². The fraction of sp³-hybridized carbons (Fsp3) is 0.296. The van der Waals surface area contributed by atoms with Crippen LogP contribution in [-0.4, -0.2) is 20.8 Å². The number of para-hydroxylation sites is 1. The van der Waals surface area contributed by atoms with Gasteiger partial charge in [-0.15, -0.1) is 18.3 Å². The number of aromatic nitrogens is 3. The quantitative estimate of drug-likeness (QED) is 0.361. The monoisotopic (exact) mass is 481 g/mol. The molecule has 2 aromatic heterocycles. The van der Waals surface area contributed by atoms with Crippen LogP contribution in [0.2, 0.25) is 0 Å². The first-order chi connectivity index (χ1) is 15.6. The SMILES string of the molecule is CC(C)(C)c1c[c-]no1.CC(C)(C)c1cc(C(=O)Nc2cc[c-]cc2)n(-c2ccccc2)n1.[K+]. The van der Waals surface area contributed by atoms with Crippen LogP contribution < -0.4 is 56.7 Å². The predicted molar refractivity (Wildman–Crippen MR) is 130 cm³/mol. The number of hydrogen-bond acceptors (Lipinski definition) is 4. The zero-order chi connectivity index (χ0) is 24.1. The average molecular weight is 482 g/mol. The fourth-order valence-electron chi connectivity index (χ4n) is 2.88. The van der Waals surface area contributed by atoms with E-state index >= 15 is 0 Å². The maximum Gasteiger partial charge on any atom is 1.00 e. The zero-order valence-electron chi connectivity index (χ0n) is 21.0. The number of nitrogens with one attached hydrogen (secondary N) is 1. The number of rotatable bonds is 3. The molecule has 1 amide bonds. The van der Waals surface area contributed by atoms with Crippen molar-refractivity contribution in [3.05, 3.63) is 96.1 Å². The largest absolute Gasteiger partial charge is 1.00 e. The molecule has 4 aromatic rings. The fourth-order valence-corrected chi connectivity index (χ4v) is 2.88. The predicted octanol–water partition coefficient (Wildman–Crippen LogP) is 3.00. The molecule has 0 radical (unpaired) electrons. The first-order valence-electron chi connectivity index (χ1n) is 10.8. The molecule has 4 rings (SSSR count). The summed E-state index contributed by atoms with van der Waals surface area (Å²) in [4.78, 5) is 12.8. The van der Waals surface area contributed by atoms with Gasteiger partial charge in [0, 0.05) is 5.41 Å². The van der Waals surface area contributed by atoms with Crippen LogP contribution in [-0.2, 0) is 10.8 Å². The van der Waals surface area contributed by atoms with E-state index in [4.69, 9.17) is 4.52 Å². The van der Waals surface area contributed by atoms with Crippen LogP contribution in [0.25, 0.3) is 5.69 Å². The van der Waals surface area contributed by atoms with Crippen LogP contribution >= 0.6 is 0 Å². The van der Waals surface area contributed by atoms with Gasteiger partial charge in [0.05, 0.1) is 11.4 Å². The molecule has 2 aromatic carbocycles. The van der Waals surface area contributed by atoms with Crippen molar-refractivity contribution in [2.45, 2.75) is 52.4 Å². The van der Waals surface area contributed by atoms with Crippen molar-refractivity contribution in [1.82, 2.24) is 14.9 Å². The summed E-state index contributed by atoms with van der Waals surface area (Å²) in [6.45, 7) is 12.5. The van der Waals surface area contributed by atoms with Gasteiger partial charge in [-0.1, -0.05) is 65.4 Å². The molecule has 0 saturated carbocycles. The number of carbonyl (C=O) groups is 1. The average Bonchev–Trinajstić information content (AvgIpc) is 3.46. The Kier molecular flexibility index (Phi) is 10.0. The van der Waals surface area contributed by atoms with E-state index in [1.54, 1.807) is 22.9 Å². The summed E-state index contributed by atoms with van der Waals surface area (Å²) < 4.78 is 6.59. The second-order valence-electron chi connectivity index (χ2n) is 9.73. The Morgan fingerprint density at radius 3 is 2.12 bits per heavy atom. The molecule has 1 N–H and O–H groups in total. The van der Waals surface area contributed by atoms with Gasteiger partial charge in [0.1, 0.15) is 5.69 Å². The Hall–Kier alpha value is -2.03. The molecule has 34 heavy (non-hydrogen) atoms. The van der Waals surface area contributed by atoms with Crippen molar-refractivity contribution in [2.24, 2.45) is 0 Å². The van der Waals surface area contributed by atoms with Gasteiger partial charge in [0.15, 0.2) is 0 Å². The smallest absolute Gasteiger partial charge is 0.470 e. The number of hydrogen-bond donors (Lipinski definition) is 1. The molecule has 0 aliphatic rings. The number of benzene rings is 2. The normalized spacial score (nSPS) is 11.1. The van der Waals surface area contributed by atoms with Crippen molar-refractivity contribution in [2.75, 3.05) is 5.32 Å². The van der Waals surface area contributed by atoms with Crippen LogP contribution in [0, 0.1) is 12.3 Å². The standard InChI is InChI=1S/C20H20N3O.C7H10NO.K/c1-20(2,3)18-14-17(19(24)21-15-10-6-4-7-11-15)23(22-18)16-12-8-5-9-13-16;1-7(2,3)6-4-5-8-9-6;/h5-14H,1-3H3,(H,21,24);4H,1-3H3;/q2*-1;+1. The minimum Gasteiger partial charge on any atom is -0.470 e. The van der Waals surface area contributed by atoms with Crippen LogP contribution in [0.5, 0.6) is 0 Å². The van der Waals surface area contributed by atoms with Crippen molar-refractivity contribution < 1.29 is 60.7 Å². The second kappa shape index (κ2) is 12.1. The molecule has 0 fully saturated rings. The molecule has 2 heterocycles. The van der Waals surface area contributed by atoms with E-state index in [0.29, 0.717) is 5.69 Å². The number of nitrogens with zero attached hydrogens (tertiary/aromatic N) is 3. The summed E-state index contributed by atoms with van der Waals surface area (Å²) in [5, 5.41) is 11.1. The van der Waals surface area contributed by atoms with Crippen LogP contribution in [0.15, 0.2) is 71.3 Å². The first kappa shape index (κ1) is 28.2. The zero-order valence-corrected chi connectivity index (χ0v) is 24.1. The Balaban J connectivity index is 0.000000345. The topological polar surface area (TPSA) is 73.0 Å². The van der Waals surface area contributed by atoms with Crippen molar-refractivity contribution in [3.8, 4) is 5.69 Å². The molecular weight excluding hydrogens is 451 g/mol. The molecule has 0 atom stereocenters. The molecule has 0 saturated heterocycles. The molecule has 0 aliphatic heterocycles. The van der Waals surface area contributed by atoms with Crippen molar-refractivity contribution >= 4 is 11.6 Å². The molecule has 0 bridgehead atoms. The van der Waals surface area contributed by atoms with Gasteiger partial charge in [0.25, 0.3) is 5.91 Å². The van der Waals surface area contributed by atoms with Crippen LogP contribution in [0.3, 0.4) is 0 Å². The molecule has 172 valence electrons. The van der Waals surface area contributed by atoms with E-state index < -0.39 is 0 Å². The maximum atomic E-state index is 12.8. The Morgan fingerprint density at radius 2 is 1.62 bits per heavy atom. The van der Waals surface area contributed by atoms with Crippen LogP contribution in [0.4, 0.5) is 5.69 Å². The van der Waals surface area contributed by atoms with Gasteiger partial charge in [-0.3, -0.25) is 4.79 Å². The third-order valence-corrected chi connectivity index (χ3v) is 4.82. The van der Waals surface area contributed by atoms with E-state index in [9.17, 15) is 4.79 Å². The molecule has 7 heteroatoms. The summed E-state index contributed by atoms with van der Waals surface area (Å²) in [5.41, 5.74) is 2.90. The van der Waals surface area contributed by atoms with Crippen molar-refractivity contribution in [1.29, 1.82) is 0 Å². The number of carbonyl (C=O) groups excluding carboxylic acids is 1. The molecule has 6 nitrogen and oxygen atoms in total. The van der Waals surface area contributed by atoms with E-state index in [1.807, 2.05) is 48.5 Å². The van der Waals surface area contributed by atoms with Gasteiger partial charge in [-0.05, 0) is 29.4 Å². The van der Waals surface area contributed by atoms with Gasteiger partial charge >= 0.3 is 51.4 Å². The summed E-state index contributed by atoms with van der Waals surface area (Å²) in [6.07, 6.45) is 2.62. The van der Waals surface area contributed by atoms with E-state index in [2.05, 4.69) is 69.4 Å². The first-order valence-corrected chi connectivity index (χ1v) is 10.8.